The molecule has 0 aliphatic heterocycles. The molecule has 4 heteroatoms. The molecule has 0 aromatic heterocycles. The maximum atomic E-state index is 11.2. The highest BCUT2D eigenvalue weighted by Crippen LogP contribution is 2.23. The van der Waals surface area contributed by atoms with Gasteiger partial charge in [-0.15, -0.1) is 0 Å². The van der Waals surface area contributed by atoms with E-state index in [2.05, 4.69) is 6.07 Å². The molecule has 3 nitrogen and oxygen atoms in total. The smallest absolute Gasteiger partial charge is 0.161 e. The van der Waals surface area contributed by atoms with E-state index in [-0.39, 0.29) is 5.78 Å². The second kappa shape index (κ2) is 5.53. The van der Waals surface area contributed by atoms with Crippen LogP contribution in [0.1, 0.15) is 23.7 Å². The first-order chi connectivity index (χ1) is 7.56. The van der Waals surface area contributed by atoms with Crippen LogP contribution >= 0.6 is 11.6 Å². The highest BCUT2D eigenvalue weighted by atomic mass is 35.5. The summed E-state index contributed by atoms with van der Waals surface area (Å²) in [4.78, 5) is 13.1. The Kier molecular flexibility index (Phi) is 4.33. The van der Waals surface area contributed by atoms with Gasteiger partial charge in [-0.1, -0.05) is 11.6 Å². The van der Waals surface area contributed by atoms with Crippen molar-refractivity contribution >= 4 is 23.1 Å². The predicted octanol–water partition coefficient (Wildman–Crippen LogP) is 2.89. The van der Waals surface area contributed by atoms with Crippen LogP contribution in [0.3, 0.4) is 0 Å². The van der Waals surface area contributed by atoms with E-state index in [1.54, 1.807) is 12.1 Å². The van der Waals surface area contributed by atoms with E-state index < -0.39 is 0 Å². The molecule has 0 amide bonds. The van der Waals surface area contributed by atoms with Crippen LogP contribution in [0.25, 0.3) is 0 Å². The standard InChI is InChI=1S/C12H13ClN2O/c1-9(16)11-5-4-10(8-12(11)13)15(2)7-3-6-14/h4-5,8H,3,7H2,1-2H3. The Labute approximate surface area is 100 Å². The number of nitriles is 1. The summed E-state index contributed by atoms with van der Waals surface area (Å²) in [5, 5.41) is 8.94. The van der Waals surface area contributed by atoms with Crippen molar-refractivity contribution < 1.29 is 4.79 Å². The number of anilines is 1. The second-order valence-electron chi connectivity index (χ2n) is 3.55. The minimum Gasteiger partial charge on any atom is -0.374 e. The summed E-state index contributed by atoms with van der Waals surface area (Å²) in [5.74, 6) is -0.0452. The Bertz CT molecular complexity index is 437. The van der Waals surface area contributed by atoms with Crippen LogP contribution in [0.2, 0.25) is 5.02 Å². The minimum absolute atomic E-state index is 0.0452. The summed E-state index contributed by atoms with van der Waals surface area (Å²) in [6, 6.07) is 7.37. The lowest BCUT2D eigenvalue weighted by Gasteiger charge is -2.18. The molecular weight excluding hydrogens is 224 g/mol. The van der Waals surface area contributed by atoms with Crippen LogP contribution in [0.5, 0.6) is 0 Å². The average Bonchev–Trinajstić information content (AvgIpc) is 2.25. The predicted molar refractivity (Wildman–Crippen MR) is 65.0 cm³/mol. The average molecular weight is 237 g/mol. The number of hydrogen-bond donors (Lipinski definition) is 0. The Hall–Kier alpha value is -1.53. The zero-order chi connectivity index (χ0) is 12.1. The molecule has 0 spiro atoms. The van der Waals surface area contributed by atoms with E-state index in [4.69, 9.17) is 16.9 Å². The lowest BCUT2D eigenvalue weighted by atomic mass is 10.1. The van der Waals surface area contributed by atoms with Gasteiger partial charge in [0.15, 0.2) is 5.78 Å². The molecule has 0 fully saturated rings. The quantitative estimate of drug-likeness (QED) is 0.755. The Balaban J connectivity index is 2.89. The fourth-order valence-corrected chi connectivity index (χ4v) is 1.68. The molecule has 0 atom stereocenters. The van der Waals surface area contributed by atoms with Crippen molar-refractivity contribution in [3.63, 3.8) is 0 Å². The summed E-state index contributed by atoms with van der Waals surface area (Å²) in [6.07, 6.45) is 0.461. The molecule has 16 heavy (non-hydrogen) atoms. The second-order valence-corrected chi connectivity index (χ2v) is 3.96. The van der Waals surface area contributed by atoms with Gasteiger partial charge in [0.25, 0.3) is 0 Å². The first-order valence-corrected chi connectivity index (χ1v) is 5.32. The van der Waals surface area contributed by atoms with Crippen LogP contribution < -0.4 is 4.90 Å². The summed E-state index contributed by atoms with van der Waals surface area (Å²) in [7, 11) is 1.89. The van der Waals surface area contributed by atoms with Gasteiger partial charge in [0.05, 0.1) is 17.5 Å². The summed E-state index contributed by atoms with van der Waals surface area (Å²) in [6.45, 7) is 2.13. The molecule has 0 aliphatic carbocycles. The van der Waals surface area contributed by atoms with Gasteiger partial charge in [-0.3, -0.25) is 4.79 Å². The highest BCUT2D eigenvalue weighted by molar-refractivity contribution is 6.34. The topological polar surface area (TPSA) is 44.1 Å². The Morgan fingerprint density at radius 2 is 2.25 bits per heavy atom. The number of nitrogens with zero attached hydrogens (tertiary/aromatic N) is 2. The molecular formula is C12H13ClN2O. The third kappa shape index (κ3) is 2.98. The van der Waals surface area contributed by atoms with Gasteiger partial charge in [-0.05, 0) is 25.1 Å². The van der Waals surface area contributed by atoms with Crippen LogP contribution in [0.15, 0.2) is 18.2 Å². The van der Waals surface area contributed by atoms with Crippen molar-refractivity contribution in [2.24, 2.45) is 0 Å². The summed E-state index contributed by atoms with van der Waals surface area (Å²) < 4.78 is 0. The normalized spacial score (nSPS) is 9.62. The molecule has 0 saturated carbocycles. The maximum Gasteiger partial charge on any atom is 0.161 e. The van der Waals surface area contributed by atoms with Gasteiger partial charge in [0, 0.05) is 24.8 Å². The first-order valence-electron chi connectivity index (χ1n) is 4.95. The van der Waals surface area contributed by atoms with E-state index in [1.807, 2.05) is 18.0 Å². The van der Waals surface area contributed by atoms with E-state index in [1.165, 1.54) is 6.92 Å². The highest BCUT2D eigenvalue weighted by Gasteiger charge is 2.08. The van der Waals surface area contributed by atoms with Crippen molar-refractivity contribution in [2.45, 2.75) is 13.3 Å². The van der Waals surface area contributed by atoms with Crippen LogP contribution in [0, 0.1) is 11.3 Å². The zero-order valence-corrected chi connectivity index (χ0v) is 10.1. The Morgan fingerprint density at radius 3 is 2.75 bits per heavy atom. The lowest BCUT2D eigenvalue weighted by molar-refractivity contribution is 0.101. The molecule has 0 aliphatic rings. The SMILES string of the molecule is CC(=O)c1ccc(N(C)CCC#N)cc1Cl. The fourth-order valence-electron chi connectivity index (χ4n) is 1.37. The van der Waals surface area contributed by atoms with E-state index >= 15 is 0 Å². The summed E-state index contributed by atoms with van der Waals surface area (Å²) >= 11 is 5.99. The Morgan fingerprint density at radius 1 is 1.56 bits per heavy atom. The maximum absolute atomic E-state index is 11.2. The largest absolute Gasteiger partial charge is 0.374 e. The number of ketones is 1. The number of halogens is 1. The number of benzene rings is 1. The number of rotatable bonds is 4. The molecule has 0 unspecified atom stereocenters. The molecule has 1 aromatic rings. The molecule has 1 rings (SSSR count). The first kappa shape index (κ1) is 12.5. The van der Waals surface area contributed by atoms with E-state index in [0.717, 1.165) is 5.69 Å². The fraction of sp³-hybridized carbons (Fsp3) is 0.333. The van der Waals surface area contributed by atoms with Gasteiger partial charge >= 0.3 is 0 Å². The third-order valence-electron chi connectivity index (χ3n) is 2.33. The van der Waals surface area contributed by atoms with E-state index in [0.29, 0.717) is 23.6 Å². The zero-order valence-electron chi connectivity index (χ0n) is 9.33. The van der Waals surface area contributed by atoms with Crippen molar-refractivity contribution in [3.8, 4) is 6.07 Å². The number of carbonyl (C=O) groups is 1. The summed E-state index contributed by atoms with van der Waals surface area (Å²) in [5.41, 5.74) is 1.43. The van der Waals surface area contributed by atoms with Crippen LogP contribution in [-0.4, -0.2) is 19.4 Å². The number of Topliss-reactive ketones (excluding diaryl/α,β-unsaturated/α-hetero) is 1. The van der Waals surface area contributed by atoms with Crippen LogP contribution in [0.4, 0.5) is 5.69 Å². The van der Waals surface area contributed by atoms with Crippen molar-refractivity contribution in [1.82, 2.24) is 0 Å². The number of hydrogen-bond acceptors (Lipinski definition) is 3. The lowest BCUT2D eigenvalue weighted by Crippen LogP contribution is -2.18. The van der Waals surface area contributed by atoms with Gasteiger partial charge in [-0.2, -0.15) is 5.26 Å². The van der Waals surface area contributed by atoms with Crippen molar-refractivity contribution in [2.75, 3.05) is 18.5 Å². The van der Waals surface area contributed by atoms with Gasteiger partial charge in [0.1, 0.15) is 0 Å². The molecule has 1 aromatic carbocycles. The van der Waals surface area contributed by atoms with Gasteiger partial charge in [-0.25, -0.2) is 0 Å². The molecule has 0 radical (unpaired) electrons. The number of carbonyl (C=O) groups excluding carboxylic acids is 1. The molecule has 0 heterocycles. The molecule has 0 saturated heterocycles. The van der Waals surface area contributed by atoms with Gasteiger partial charge in [0.2, 0.25) is 0 Å². The molecule has 0 bridgehead atoms. The molecule has 0 N–H and O–H groups in total. The van der Waals surface area contributed by atoms with Crippen molar-refractivity contribution in [1.29, 1.82) is 5.26 Å². The third-order valence-corrected chi connectivity index (χ3v) is 2.64. The monoisotopic (exact) mass is 236 g/mol. The minimum atomic E-state index is -0.0452. The van der Waals surface area contributed by atoms with Crippen molar-refractivity contribution in [3.05, 3.63) is 28.8 Å². The van der Waals surface area contributed by atoms with Gasteiger partial charge < -0.3 is 4.90 Å². The van der Waals surface area contributed by atoms with E-state index in [9.17, 15) is 4.79 Å². The molecule has 84 valence electrons. The van der Waals surface area contributed by atoms with Crippen LogP contribution in [-0.2, 0) is 0 Å².